The Balaban J connectivity index is 1.63. The zero-order chi connectivity index (χ0) is 13.9. The van der Waals surface area contributed by atoms with Crippen LogP contribution < -0.4 is 0 Å². The van der Waals surface area contributed by atoms with Crippen LogP contribution in [0.25, 0.3) is 0 Å². The Labute approximate surface area is 118 Å². The van der Waals surface area contributed by atoms with Gasteiger partial charge < -0.3 is 4.90 Å². The molecule has 104 valence electrons. The first-order valence-electron chi connectivity index (χ1n) is 7.04. The topological polar surface area (TPSA) is 49.0 Å². The molecule has 0 unspecified atom stereocenters. The number of carbonyl (C=O) groups is 1. The van der Waals surface area contributed by atoms with Crippen LogP contribution in [0.3, 0.4) is 0 Å². The molecule has 0 spiro atoms. The fourth-order valence-electron chi connectivity index (χ4n) is 2.77. The molecular formula is C16H19N3O. The van der Waals surface area contributed by atoms with Crippen LogP contribution in [0.4, 0.5) is 0 Å². The average Bonchev–Trinajstić information content (AvgIpc) is 3.08. The number of rotatable bonds is 4. The highest BCUT2D eigenvalue weighted by molar-refractivity contribution is 5.78. The van der Waals surface area contributed by atoms with Crippen LogP contribution in [0.1, 0.15) is 28.7 Å². The van der Waals surface area contributed by atoms with Gasteiger partial charge in [-0.05, 0) is 36.0 Å². The molecule has 0 saturated heterocycles. The fraction of sp³-hybridized carbons (Fsp3) is 0.375. The summed E-state index contributed by atoms with van der Waals surface area (Å²) in [7, 11) is 1.84. The normalized spacial score (nSPS) is 13.2. The van der Waals surface area contributed by atoms with Crippen molar-refractivity contribution in [2.75, 3.05) is 7.05 Å². The molecule has 4 nitrogen and oxygen atoms in total. The largest absolute Gasteiger partial charge is 0.341 e. The van der Waals surface area contributed by atoms with Crippen molar-refractivity contribution in [2.45, 2.75) is 32.2 Å². The first kappa shape index (κ1) is 12.9. The Morgan fingerprint density at radius 3 is 2.95 bits per heavy atom. The maximum atomic E-state index is 12.2. The molecule has 0 bridgehead atoms. The fourth-order valence-corrected chi connectivity index (χ4v) is 2.77. The van der Waals surface area contributed by atoms with E-state index < -0.39 is 0 Å². The quantitative estimate of drug-likeness (QED) is 0.924. The molecule has 0 atom stereocenters. The molecule has 1 aliphatic rings. The maximum Gasteiger partial charge on any atom is 0.227 e. The molecule has 1 heterocycles. The van der Waals surface area contributed by atoms with Crippen molar-refractivity contribution < 1.29 is 4.79 Å². The van der Waals surface area contributed by atoms with E-state index in [0.717, 1.165) is 17.5 Å². The van der Waals surface area contributed by atoms with Gasteiger partial charge in [-0.2, -0.15) is 5.10 Å². The van der Waals surface area contributed by atoms with E-state index in [0.29, 0.717) is 13.0 Å². The molecular weight excluding hydrogens is 250 g/mol. The number of amides is 1. The summed E-state index contributed by atoms with van der Waals surface area (Å²) < 4.78 is 0. The van der Waals surface area contributed by atoms with Crippen LogP contribution in [0.5, 0.6) is 0 Å². The minimum atomic E-state index is 0.143. The Bertz CT molecular complexity index is 604. The van der Waals surface area contributed by atoms with E-state index >= 15 is 0 Å². The molecule has 2 aromatic rings. The van der Waals surface area contributed by atoms with E-state index in [9.17, 15) is 4.79 Å². The van der Waals surface area contributed by atoms with Crippen molar-refractivity contribution in [3.63, 3.8) is 0 Å². The second kappa shape index (κ2) is 5.49. The third-order valence-corrected chi connectivity index (χ3v) is 3.92. The monoisotopic (exact) mass is 269 g/mol. The van der Waals surface area contributed by atoms with Gasteiger partial charge in [-0.15, -0.1) is 0 Å². The number of aromatic amines is 1. The van der Waals surface area contributed by atoms with Crippen LogP contribution >= 0.6 is 0 Å². The summed E-state index contributed by atoms with van der Waals surface area (Å²) in [5.74, 6) is 0.143. The van der Waals surface area contributed by atoms with Crippen LogP contribution in [0.2, 0.25) is 0 Å². The number of H-pyrrole nitrogens is 1. The van der Waals surface area contributed by atoms with Gasteiger partial charge in [0.15, 0.2) is 0 Å². The number of benzene rings is 1. The number of carbonyl (C=O) groups excluding carboxylic acids is 1. The van der Waals surface area contributed by atoms with Crippen LogP contribution in [-0.4, -0.2) is 28.1 Å². The van der Waals surface area contributed by atoms with Gasteiger partial charge in [-0.3, -0.25) is 9.89 Å². The van der Waals surface area contributed by atoms with Gasteiger partial charge >= 0.3 is 0 Å². The number of hydrogen-bond donors (Lipinski definition) is 1. The average molecular weight is 269 g/mol. The van der Waals surface area contributed by atoms with Crippen LogP contribution in [0.15, 0.2) is 30.6 Å². The minimum absolute atomic E-state index is 0.143. The van der Waals surface area contributed by atoms with Crippen LogP contribution in [-0.2, 0) is 30.6 Å². The van der Waals surface area contributed by atoms with Gasteiger partial charge in [0.25, 0.3) is 0 Å². The minimum Gasteiger partial charge on any atom is -0.341 e. The smallest absolute Gasteiger partial charge is 0.227 e. The Kier molecular flexibility index (Phi) is 3.54. The Morgan fingerprint density at radius 1 is 1.30 bits per heavy atom. The molecule has 20 heavy (non-hydrogen) atoms. The molecule has 3 rings (SSSR count). The van der Waals surface area contributed by atoms with E-state index in [1.54, 1.807) is 11.1 Å². The number of hydrogen-bond acceptors (Lipinski definition) is 2. The van der Waals surface area contributed by atoms with Crippen molar-refractivity contribution >= 4 is 5.91 Å². The third kappa shape index (κ3) is 2.74. The van der Waals surface area contributed by atoms with Gasteiger partial charge in [-0.25, -0.2) is 0 Å². The number of fused-ring (bicyclic) bond motifs is 1. The molecule has 1 aromatic carbocycles. The molecule has 1 aliphatic carbocycles. The molecule has 0 fully saturated rings. The van der Waals surface area contributed by atoms with Crippen molar-refractivity contribution in [1.29, 1.82) is 0 Å². The molecule has 1 N–H and O–H groups in total. The highest BCUT2D eigenvalue weighted by atomic mass is 16.2. The van der Waals surface area contributed by atoms with Gasteiger partial charge in [0.1, 0.15) is 0 Å². The predicted octanol–water partition coefficient (Wildman–Crippen LogP) is 2.10. The highest BCUT2D eigenvalue weighted by Gasteiger charge is 2.14. The van der Waals surface area contributed by atoms with E-state index in [2.05, 4.69) is 28.4 Å². The van der Waals surface area contributed by atoms with E-state index in [1.807, 2.05) is 13.2 Å². The van der Waals surface area contributed by atoms with Crippen molar-refractivity contribution in [3.8, 4) is 0 Å². The van der Waals surface area contributed by atoms with Crippen molar-refractivity contribution in [1.82, 2.24) is 15.1 Å². The number of aryl methyl sites for hydroxylation is 2. The number of nitrogens with zero attached hydrogens (tertiary/aromatic N) is 2. The Hall–Kier alpha value is -2.10. The molecule has 4 heteroatoms. The lowest BCUT2D eigenvalue weighted by molar-refractivity contribution is -0.129. The number of likely N-dealkylation sites (N-methyl/N-ethyl adjacent to an activating group) is 1. The summed E-state index contributed by atoms with van der Waals surface area (Å²) in [6.07, 6.45) is 7.62. The molecule has 0 radical (unpaired) electrons. The van der Waals surface area contributed by atoms with E-state index in [-0.39, 0.29) is 5.91 Å². The lowest BCUT2D eigenvalue weighted by Crippen LogP contribution is -2.27. The third-order valence-electron chi connectivity index (χ3n) is 3.92. The molecule has 0 aliphatic heterocycles. The van der Waals surface area contributed by atoms with Crippen molar-refractivity contribution in [3.05, 3.63) is 52.8 Å². The summed E-state index contributed by atoms with van der Waals surface area (Å²) in [6.45, 7) is 0.597. The second-order valence-electron chi connectivity index (χ2n) is 5.49. The van der Waals surface area contributed by atoms with E-state index in [1.165, 1.54) is 24.0 Å². The maximum absolute atomic E-state index is 12.2. The first-order valence-corrected chi connectivity index (χ1v) is 7.04. The summed E-state index contributed by atoms with van der Waals surface area (Å²) in [6, 6.07) is 6.47. The summed E-state index contributed by atoms with van der Waals surface area (Å²) >= 11 is 0. The predicted molar refractivity (Wildman–Crippen MR) is 77.2 cm³/mol. The van der Waals surface area contributed by atoms with Gasteiger partial charge in [0.05, 0.1) is 12.6 Å². The number of aromatic nitrogens is 2. The molecule has 0 saturated carbocycles. The SMILES string of the molecule is CN(Cc1cn[nH]c1)C(=O)Cc1ccc2c(c1)CCC2. The first-order chi connectivity index (χ1) is 9.72. The van der Waals surface area contributed by atoms with Gasteiger partial charge in [0.2, 0.25) is 5.91 Å². The summed E-state index contributed by atoms with van der Waals surface area (Å²) in [5.41, 5.74) is 5.02. The molecule has 1 amide bonds. The zero-order valence-electron chi connectivity index (χ0n) is 11.7. The standard InChI is InChI=1S/C16H19N3O/c1-19(11-13-9-17-18-10-13)16(20)8-12-5-6-14-3-2-4-15(14)7-12/h5-7,9-10H,2-4,8,11H2,1H3,(H,17,18). The molecule has 1 aromatic heterocycles. The second-order valence-corrected chi connectivity index (χ2v) is 5.49. The van der Waals surface area contributed by atoms with Gasteiger partial charge in [0, 0.05) is 25.4 Å². The van der Waals surface area contributed by atoms with Crippen molar-refractivity contribution in [2.24, 2.45) is 0 Å². The highest BCUT2D eigenvalue weighted by Crippen LogP contribution is 2.23. The van der Waals surface area contributed by atoms with Gasteiger partial charge in [-0.1, -0.05) is 18.2 Å². The lowest BCUT2D eigenvalue weighted by Gasteiger charge is -2.16. The lowest BCUT2D eigenvalue weighted by atomic mass is 10.0. The van der Waals surface area contributed by atoms with Crippen LogP contribution in [0, 0.1) is 0 Å². The zero-order valence-corrected chi connectivity index (χ0v) is 11.7. The number of nitrogens with one attached hydrogen (secondary N) is 1. The van der Waals surface area contributed by atoms with E-state index in [4.69, 9.17) is 0 Å². The summed E-state index contributed by atoms with van der Waals surface area (Å²) in [4.78, 5) is 14.0. The summed E-state index contributed by atoms with van der Waals surface area (Å²) in [5, 5.41) is 6.66. The Morgan fingerprint density at radius 2 is 2.15 bits per heavy atom.